The van der Waals surface area contributed by atoms with Crippen LogP contribution in [0, 0.1) is 6.92 Å². The van der Waals surface area contributed by atoms with Crippen molar-refractivity contribution in [2.75, 3.05) is 0 Å². The predicted molar refractivity (Wildman–Crippen MR) is 229 cm³/mol. The zero-order valence-electron chi connectivity index (χ0n) is 30.4. The number of aryl methyl sites for hydroxylation is 1. The molecule has 0 aliphatic carbocycles. The first kappa shape index (κ1) is 32.0. The Morgan fingerprint density at radius 2 is 1.02 bits per heavy atom. The van der Waals surface area contributed by atoms with Gasteiger partial charge >= 0.3 is 0 Å². The SMILES string of the molecule is CCC(c1cccc(-c2ccccc2)c1)c1cccc2c3ccccc3c3cc4ccc(-c5nc6ccccc6nc5-c5ccccc5)cc4c(C)c3c12. The number of aromatic nitrogens is 2. The fourth-order valence-electron chi connectivity index (χ4n) is 8.77. The van der Waals surface area contributed by atoms with Crippen LogP contribution in [0.25, 0.3) is 87.8 Å². The molecule has 10 rings (SSSR count). The summed E-state index contributed by atoms with van der Waals surface area (Å²) in [7, 11) is 0. The summed E-state index contributed by atoms with van der Waals surface area (Å²) < 4.78 is 0. The van der Waals surface area contributed by atoms with E-state index in [2.05, 4.69) is 166 Å². The van der Waals surface area contributed by atoms with Gasteiger partial charge in [0.25, 0.3) is 0 Å². The van der Waals surface area contributed by atoms with Gasteiger partial charge in [-0.3, -0.25) is 0 Å². The van der Waals surface area contributed by atoms with Crippen LogP contribution in [0.5, 0.6) is 0 Å². The Kier molecular flexibility index (Phi) is 7.77. The van der Waals surface area contributed by atoms with Gasteiger partial charge in [-0.1, -0.05) is 159 Å². The van der Waals surface area contributed by atoms with Gasteiger partial charge in [-0.15, -0.1) is 0 Å². The minimum absolute atomic E-state index is 0.226. The summed E-state index contributed by atoms with van der Waals surface area (Å²) in [4.78, 5) is 10.4. The van der Waals surface area contributed by atoms with Crippen LogP contribution in [0.1, 0.15) is 36.0 Å². The first-order chi connectivity index (χ1) is 26.7. The molecule has 0 bridgehead atoms. The second-order valence-electron chi connectivity index (χ2n) is 14.4. The number of hydrogen-bond donors (Lipinski definition) is 0. The Balaban J connectivity index is 1.25. The van der Waals surface area contributed by atoms with E-state index in [0.717, 1.165) is 40.0 Å². The molecule has 54 heavy (non-hydrogen) atoms. The highest BCUT2D eigenvalue weighted by atomic mass is 14.8. The first-order valence-electron chi connectivity index (χ1n) is 18.9. The second-order valence-corrected chi connectivity index (χ2v) is 14.4. The molecule has 0 aliphatic rings. The van der Waals surface area contributed by atoms with Gasteiger partial charge in [-0.05, 0) is 109 Å². The molecule has 1 aromatic heterocycles. The predicted octanol–water partition coefficient (Wildman–Crippen LogP) is 14.1. The molecule has 1 atom stereocenters. The lowest BCUT2D eigenvalue weighted by molar-refractivity contribution is 0.784. The third-order valence-corrected chi connectivity index (χ3v) is 11.3. The normalized spacial score (nSPS) is 12.3. The summed E-state index contributed by atoms with van der Waals surface area (Å²) >= 11 is 0. The number of fused-ring (bicyclic) bond motifs is 8. The molecule has 0 saturated carbocycles. The van der Waals surface area contributed by atoms with E-state index >= 15 is 0 Å². The molecule has 0 amide bonds. The van der Waals surface area contributed by atoms with E-state index in [1.165, 1.54) is 70.9 Å². The lowest BCUT2D eigenvalue weighted by Gasteiger charge is -2.23. The average molecular weight is 691 g/mol. The molecular formula is C52H38N2. The highest BCUT2D eigenvalue weighted by Crippen LogP contribution is 2.45. The summed E-state index contributed by atoms with van der Waals surface area (Å²) in [5.74, 6) is 0.226. The van der Waals surface area contributed by atoms with Gasteiger partial charge in [0.1, 0.15) is 0 Å². The van der Waals surface area contributed by atoms with E-state index in [-0.39, 0.29) is 5.92 Å². The largest absolute Gasteiger partial charge is 0.244 e. The molecule has 9 aromatic carbocycles. The van der Waals surface area contributed by atoms with Gasteiger partial charge < -0.3 is 0 Å². The van der Waals surface area contributed by atoms with E-state index in [1.807, 2.05) is 24.3 Å². The molecule has 0 aliphatic heterocycles. The number of benzene rings is 9. The summed E-state index contributed by atoms with van der Waals surface area (Å²) in [6, 6.07) is 63.7. The van der Waals surface area contributed by atoms with Gasteiger partial charge in [0.15, 0.2) is 0 Å². The molecule has 0 radical (unpaired) electrons. The Morgan fingerprint density at radius 1 is 0.426 bits per heavy atom. The maximum Gasteiger partial charge on any atom is 0.0973 e. The Hall–Kier alpha value is -6.64. The van der Waals surface area contributed by atoms with Crippen molar-refractivity contribution in [3.05, 3.63) is 193 Å². The third kappa shape index (κ3) is 5.25. The van der Waals surface area contributed by atoms with Crippen molar-refractivity contribution in [1.29, 1.82) is 0 Å². The zero-order valence-corrected chi connectivity index (χ0v) is 30.4. The summed E-state index contributed by atoms with van der Waals surface area (Å²) in [5, 5.41) is 10.3. The second kappa shape index (κ2) is 13.1. The van der Waals surface area contributed by atoms with E-state index in [4.69, 9.17) is 9.97 Å². The fraction of sp³-hybridized carbons (Fsp3) is 0.0769. The van der Waals surface area contributed by atoms with Crippen molar-refractivity contribution in [1.82, 2.24) is 9.97 Å². The topological polar surface area (TPSA) is 25.8 Å². The summed E-state index contributed by atoms with van der Waals surface area (Å²) in [6.07, 6.45) is 0.991. The molecule has 0 saturated heterocycles. The number of rotatable bonds is 6. The maximum absolute atomic E-state index is 5.26. The molecule has 1 heterocycles. The van der Waals surface area contributed by atoms with Crippen molar-refractivity contribution in [3.8, 4) is 33.6 Å². The van der Waals surface area contributed by atoms with Gasteiger partial charge in [-0.25, -0.2) is 9.97 Å². The van der Waals surface area contributed by atoms with Crippen molar-refractivity contribution >= 4 is 54.1 Å². The van der Waals surface area contributed by atoms with E-state index in [0.29, 0.717) is 0 Å². The first-order valence-corrected chi connectivity index (χ1v) is 18.9. The average Bonchev–Trinajstić information content (AvgIpc) is 3.24. The van der Waals surface area contributed by atoms with Crippen LogP contribution in [0.3, 0.4) is 0 Å². The van der Waals surface area contributed by atoms with Crippen molar-refractivity contribution in [2.24, 2.45) is 0 Å². The van der Waals surface area contributed by atoms with Crippen LogP contribution in [-0.2, 0) is 0 Å². The smallest absolute Gasteiger partial charge is 0.0973 e. The van der Waals surface area contributed by atoms with E-state index < -0.39 is 0 Å². The van der Waals surface area contributed by atoms with Gasteiger partial charge in [0.05, 0.1) is 22.4 Å². The standard InChI is InChI=1S/C52H38N2/c1-3-40(37-21-14-20-36(30-37)34-16-6-4-7-17-34)43-24-15-25-44-41-22-10-11-23-42(41)46-31-38-28-29-39(32-45(38)33(2)49(46)50(43)44)52-51(35-18-8-5-9-19-35)53-47-26-12-13-27-48(47)54-52/h4-32,40H,3H2,1-2H3. The Morgan fingerprint density at radius 3 is 1.74 bits per heavy atom. The molecule has 10 aromatic rings. The van der Waals surface area contributed by atoms with Crippen LogP contribution < -0.4 is 0 Å². The molecule has 0 N–H and O–H groups in total. The molecule has 0 fully saturated rings. The quantitative estimate of drug-likeness (QED) is 0.128. The fourth-order valence-corrected chi connectivity index (χ4v) is 8.77. The monoisotopic (exact) mass is 690 g/mol. The molecule has 1 unspecified atom stereocenters. The molecule has 256 valence electrons. The molecule has 2 heteroatoms. The number of nitrogens with zero attached hydrogens (tertiary/aromatic N) is 2. The van der Waals surface area contributed by atoms with Gasteiger partial charge in [-0.2, -0.15) is 0 Å². The molecule has 0 spiro atoms. The highest BCUT2D eigenvalue weighted by molar-refractivity contribution is 6.29. The van der Waals surface area contributed by atoms with Crippen molar-refractivity contribution < 1.29 is 0 Å². The van der Waals surface area contributed by atoms with Crippen LogP contribution in [-0.4, -0.2) is 9.97 Å². The van der Waals surface area contributed by atoms with Crippen LogP contribution in [0.4, 0.5) is 0 Å². The minimum atomic E-state index is 0.226. The summed E-state index contributed by atoms with van der Waals surface area (Å²) in [5.41, 5.74) is 12.2. The lowest BCUT2D eigenvalue weighted by Crippen LogP contribution is -2.02. The maximum atomic E-state index is 5.26. The van der Waals surface area contributed by atoms with Crippen molar-refractivity contribution in [2.45, 2.75) is 26.2 Å². The van der Waals surface area contributed by atoms with E-state index in [1.54, 1.807) is 0 Å². The molecular weight excluding hydrogens is 653 g/mol. The van der Waals surface area contributed by atoms with E-state index in [9.17, 15) is 0 Å². The number of para-hydroxylation sites is 2. The Labute approximate surface area is 315 Å². The zero-order chi connectivity index (χ0) is 36.2. The van der Waals surface area contributed by atoms with Gasteiger partial charge in [0.2, 0.25) is 0 Å². The Bertz CT molecular complexity index is 3040. The molecule has 2 nitrogen and oxygen atoms in total. The lowest BCUT2D eigenvalue weighted by atomic mass is 9.81. The summed E-state index contributed by atoms with van der Waals surface area (Å²) in [6.45, 7) is 4.64. The minimum Gasteiger partial charge on any atom is -0.244 e. The van der Waals surface area contributed by atoms with Crippen LogP contribution >= 0.6 is 0 Å². The van der Waals surface area contributed by atoms with Crippen molar-refractivity contribution in [3.63, 3.8) is 0 Å². The number of hydrogen-bond acceptors (Lipinski definition) is 2. The van der Waals surface area contributed by atoms with Crippen LogP contribution in [0.2, 0.25) is 0 Å². The third-order valence-electron chi connectivity index (χ3n) is 11.3. The van der Waals surface area contributed by atoms with Gasteiger partial charge in [0, 0.05) is 17.0 Å². The highest BCUT2D eigenvalue weighted by Gasteiger charge is 2.22. The van der Waals surface area contributed by atoms with Crippen LogP contribution in [0.15, 0.2) is 176 Å².